The van der Waals surface area contributed by atoms with Gasteiger partial charge >= 0.3 is 0 Å². The van der Waals surface area contributed by atoms with Crippen molar-refractivity contribution in [3.05, 3.63) is 59.1 Å². The maximum absolute atomic E-state index is 14.4. The van der Waals surface area contributed by atoms with Gasteiger partial charge in [-0.2, -0.15) is 15.5 Å². The number of halogens is 1. The summed E-state index contributed by atoms with van der Waals surface area (Å²) in [6.45, 7) is 6.27. The second-order valence-electron chi connectivity index (χ2n) is 9.50. The number of allylic oxidation sites excluding steroid dienone is 1. The van der Waals surface area contributed by atoms with Crippen molar-refractivity contribution in [2.75, 3.05) is 13.1 Å². The van der Waals surface area contributed by atoms with Gasteiger partial charge in [-0.25, -0.2) is 14.1 Å². The van der Waals surface area contributed by atoms with Crippen LogP contribution in [0, 0.1) is 41.8 Å². The number of likely N-dealkylation sites (tertiary alicyclic amines) is 1. The fourth-order valence-corrected chi connectivity index (χ4v) is 6.75. The number of thioether (sulfide) groups is 1. The highest BCUT2D eigenvalue weighted by Gasteiger charge is 2.56. The quantitative estimate of drug-likeness (QED) is 0.542. The second-order valence-corrected chi connectivity index (χ2v) is 10.7. The number of hydrogen-bond donors (Lipinski definition) is 0. The Morgan fingerprint density at radius 3 is 2.80 bits per heavy atom. The predicted octanol–water partition coefficient (Wildman–Crippen LogP) is 3.75. The lowest BCUT2D eigenvalue weighted by atomic mass is 9.98. The lowest BCUT2D eigenvalue weighted by molar-refractivity contribution is -0.128. The lowest BCUT2D eigenvalue weighted by Gasteiger charge is -2.24. The molecule has 8 nitrogen and oxygen atoms in total. The number of carbonyl (C=O) groups is 1. The number of nitrogens with zero attached hydrogens (tertiary/aromatic N) is 7. The zero-order valence-corrected chi connectivity index (χ0v) is 20.2. The molecule has 2 aliphatic heterocycles. The molecule has 3 aromatic heterocycles. The molecule has 5 heterocycles. The van der Waals surface area contributed by atoms with Crippen molar-refractivity contribution in [2.45, 2.75) is 37.1 Å². The van der Waals surface area contributed by atoms with Gasteiger partial charge in [0.05, 0.1) is 28.9 Å². The van der Waals surface area contributed by atoms with Crippen LogP contribution in [0.2, 0.25) is 0 Å². The molecule has 1 saturated carbocycles. The minimum absolute atomic E-state index is 0.160. The smallest absolute Gasteiger partial charge is 0.219 e. The number of hydrogen-bond acceptors (Lipinski definition) is 6. The summed E-state index contributed by atoms with van der Waals surface area (Å²) in [7, 11) is 0. The Labute approximate surface area is 206 Å². The minimum atomic E-state index is -0.375. The average molecular weight is 490 g/mol. The molecule has 10 heteroatoms. The molecule has 0 aromatic carbocycles. The van der Waals surface area contributed by atoms with E-state index in [1.807, 2.05) is 17.3 Å². The van der Waals surface area contributed by atoms with Crippen molar-refractivity contribution in [3.63, 3.8) is 0 Å². The van der Waals surface area contributed by atoms with E-state index in [1.165, 1.54) is 17.8 Å². The lowest BCUT2D eigenvalue weighted by Crippen LogP contribution is -2.29. The summed E-state index contributed by atoms with van der Waals surface area (Å²) >= 11 is 1.32. The van der Waals surface area contributed by atoms with Crippen LogP contribution in [0.4, 0.5) is 4.39 Å². The van der Waals surface area contributed by atoms with E-state index >= 15 is 0 Å². The highest BCUT2D eigenvalue weighted by Crippen LogP contribution is 2.53. The molecule has 0 bridgehead atoms. The Morgan fingerprint density at radius 1 is 1.29 bits per heavy atom. The molecule has 1 saturated heterocycles. The fourth-order valence-electron chi connectivity index (χ4n) is 5.57. The molecule has 2 fully saturated rings. The normalized spacial score (nSPS) is 24.5. The molecule has 0 spiro atoms. The summed E-state index contributed by atoms with van der Waals surface area (Å²) in [5.41, 5.74) is 4.40. The summed E-state index contributed by atoms with van der Waals surface area (Å²) in [5, 5.41) is 18.8. The summed E-state index contributed by atoms with van der Waals surface area (Å²) in [6, 6.07) is 5.18. The molecular formula is C25H24FN7OS. The van der Waals surface area contributed by atoms with Crippen molar-refractivity contribution in [3.8, 4) is 6.07 Å². The highest BCUT2D eigenvalue weighted by atomic mass is 32.2. The van der Waals surface area contributed by atoms with Crippen LogP contribution >= 0.6 is 11.8 Å². The zero-order chi connectivity index (χ0) is 24.3. The van der Waals surface area contributed by atoms with Gasteiger partial charge in [-0.3, -0.25) is 9.48 Å². The first-order chi connectivity index (χ1) is 16.9. The molecule has 35 heavy (non-hydrogen) atoms. The first-order valence-electron chi connectivity index (χ1n) is 11.7. The van der Waals surface area contributed by atoms with Crippen LogP contribution in [0.5, 0.6) is 0 Å². The van der Waals surface area contributed by atoms with E-state index in [2.05, 4.69) is 32.9 Å². The van der Waals surface area contributed by atoms with Gasteiger partial charge < -0.3 is 4.90 Å². The van der Waals surface area contributed by atoms with Gasteiger partial charge in [0, 0.05) is 50.2 Å². The number of pyridine rings is 1. The molecule has 3 aromatic rings. The number of amides is 1. The van der Waals surface area contributed by atoms with Gasteiger partial charge in [0.2, 0.25) is 5.91 Å². The van der Waals surface area contributed by atoms with E-state index in [4.69, 9.17) is 0 Å². The molecule has 6 rings (SSSR count). The number of piperidine rings is 1. The third-order valence-electron chi connectivity index (χ3n) is 7.57. The van der Waals surface area contributed by atoms with Gasteiger partial charge in [0.25, 0.3) is 0 Å². The Bertz CT molecular complexity index is 1390. The number of fused-ring (bicyclic) bond motifs is 2. The van der Waals surface area contributed by atoms with Crippen LogP contribution in [0.3, 0.4) is 0 Å². The van der Waals surface area contributed by atoms with Crippen molar-refractivity contribution in [2.24, 2.45) is 17.8 Å². The molecule has 1 amide bonds. The van der Waals surface area contributed by atoms with Crippen molar-refractivity contribution >= 4 is 29.4 Å². The Kier molecular flexibility index (Phi) is 5.25. The molecule has 1 unspecified atom stereocenters. The largest absolute Gasteiger partial charge is 0.342 e. The number of rotatable bonds is 5. The van der Waals surface area contributed by atoms with Crippen LogP contribution in [-0.4, -0.2) is 48.4 Å². The maximum Gasteiger partial charge on any atom is 0.219 e. The molecule has 0 radical (unpaired) electrons. The summed E-state index contributed by atoms with van der Waals surface area (Å²) in [5.74, 6) is 1.49. The van der Waals surface area contributed by atoms with Gasteiger partial charge in [0.15, 0.2) is 5.82 Å². The zero-order valence-electron chi connectivity index (χ0n) is 19.4. The van der Waals surface area contributed by atoms with Gasteiger partial charge in [0.1, 0.15) is 11.1 Å². The van der Waals surface area contributed by atoms with E-state index in [1.54, 1.807) is 30.1 Å². The molecule has 1 aliphatic carbocycles. The summed E-state index contributed by atoms with van der Waals surface area (Å²) < 4.78 is 18.2. The van der Waals surface area contributed by atoms with Crippen molar-refractivity contribution in [1.82, 2.24) is 29.4 Å². The average Bonchev–Trinajstić information content (AvgIpc) is 3.25. The highest BCUT2D eigenvalue weighted by molar-refractivity contribution is 7.99. The van der Waals surface area contributed by atoms with E-state index in [9.17, 15) is 14.4 Å². The number of nitriles is 1. The SMILES string of the molecule is CC(=O)N1C[C@@H]2[C@H](C1)[C@@H]2Cn1ncc(C2=Cn3ncc(C#N)c3C(Sc3ncccc3F)C2)c1C. The van der Waals surface area contributed by atoms with Crippen LogP contribution in [0.25, 0.3) is 11.8 Å². The summed E-state index contributed by atoms with van der Waals surface area (Å²) in [4.78, 5) is 17.8. The Morgan fingerprint density at radius 2 is 2.09 bits per heavy atom. The molecule has 178 valence electrons. The monoisotopic (exact) mass is 489 g/mol. The fraction of sp³-hybridized carbons (Fsp3) is 0.400. The first kappa shape index (κ1) is 22.0. The molecule has 3 aliphatic rings. The molecule has 4 atom stereocenters. The van der Waals surface area contributed by atoms with Crippen LogP contribution in [0.15, 0.2) is 35.7 Å². The van der Waals surface area contributed by atoms with Gasteiger partial charge in [-0.1, -0.05) is 11.8 Å². The van der Waals surface area contributed by atoms with Gasteiger partial charge in [-0.15, -0.1) is 0 Å². The first-order valence-corrected chi connectivity index (χ1v) is 12.6. The topological polar surface area (TPSA) is 92.6 Å². The van der Waals surface area contributed by atoms with Gasteiger partial charge in [-0.05, 0) is 48.8 Å². The van der Waals surface area contributed by atoms with Crippen molar-refractivity contribution < 1.29 is 9.18 Å². The van der Waals surface area contributed by atoms with E-state index in [0.29, 0.717) is 34.8 Å². The third kappa shape index (κ3) is 3.74. The van der Waals surface area contributed by atoms with E-state index in [-0.39, 0.29) is 17.0 Å². The predicted molar refractivity (Wildman–Crippen MR) is 128 cm³/mol. The van der Waals surface area contributed by atoms with Crippen molar-refractivity contribution in [1.29, 1.82) is 5.26 Å². The Balaban J connectivity index is 1.25. The van der Waals surface area contributed by atoms with E-state index < -0.39 is 0 Å². The van der Waals surface area contributed by atoms with Crippen LogP contribution < -0.4 is 0 Å². The van der Waals surface area contributed by atoms with E-state index in [0.717, 1.165) is 42.2 Å². The third-order valence-corrected chi connectivity index (χ3v) is 8.77. The number of carbonyl (C=O) groups excluding carboxylic acids is 1. The molecular weight excluding hydrogens is 465 g/mol. The Hall–Kier alpha value is -3.45. The standard InChI is InChI=1S/C25H24FN7OS/c1-14-18(9-30-32(14)13-21-19-11-31(15(2)34)12-20(19)21)16-6-23(35-25-22(26)4-3-5-28-25)24-17(7-27)8-29-33(24)10-16/h3-5,8-10,19-21,23H,6,11-13H2,1-2H3/t19-,20+,21-,23?. The summed E-state index contributed by atoms with van der Waals surface area (Å²) in [6.07, 6.45) is 7.58. The number of aromatic nitrogens is 5. The van der Waals surface area contributed by atoms with Crippen LogP contribution in [-0.2, 0) is 11.3 Å². The van der Waals surface area contributed by atoms with Crippen LogP contribution in [0.1, 0.15) is 41.1 Å². The maximum atomic E-state index is 14.4. The molecule has 0 N–H and O–H groups in total. The second kappa shape index (κ2) is 8.34. The minimum Gasteiger partial charge on any atom is -0.342 e.